The molecule has 0 bridgehead atoms. The third-order valence-corrected chi connectivity index (χ3v) is 4.59. The van der Waals surface area contributed by atoms with Crippen molar-refractivity contribution in [3.8, 4) is 5.69 Å². The van der Waals surface area contributed by atoms with E-state index in [1.165, 1.54) is 4.68 Å². The first-order valence-corrected chi connectivity index (χ1v) is 8.60. The van der Waals surface area contributed by atoms with Gasteiger partial charge in [-0.2, -0.15) is 0 Å². The highest BCUT2D eigenvalue weighted by molar-refractivity contribution is 6.30. The number of hydrogen-bond acceptors (Lipinski definition) is 4. The van der Waals surface area contributed by atoms with Crippen molar-refractivity contribution in [3.63, 3.8) is 0 Å². The van der Waals surface area contributed by atoms with Crippen LogP contribution in [0.2, 0.25) is 5.02 Å². The second-order valence-electron chi connectivity index (χ2n) is 6.22. The fraction of sp³-hybridized carbons (Fsp3) is 0.412. The summed E-state index contributed by atoms with van der Waals surface area (Å²) in [5.74, 6) is -0.752. The number of nitrogens with zero attached hydrogens (tertiary/aromatic N) is 4. The first-order chi connectivity index (χ1) is 12.0. The molecular formula is C17H19ClN4O3. The van der Waals surface area contributed by atoms with Crippen LogP contribution in [0.1, 0.15) is 36.2 Å². The number of carboxylic acids is 1. The number of carbonyl (C=O) groups excluding carboxylic acids is 1. The monoisotopic (exact) mass is 362 g/mol. The smallest absolute Gasteiger partial charge is 0.303 e. The maximum Gasteiger partial charge on any atom is 0.303 e. The SMILES string of the molecule is O=C(O)CCC1CCCN(C(=O)c2cn(-c3cccc(Cl)c3)nn2)C1. The molecule has 1 aliphatic rings. The Kier molecular flexibility index (Phi) is 5.33. The van der Waals surface area contributed by atoms with Gasteiger partial charge in [0, 0.05) is 24.5 Å². The Balaban J connectivity index is 1.67. The van der Waals surface area contributed by atoms with Gasteiger partial charge in [-0.3, -0.25) is 9.59 Å². The molecule has 8 heteroatoms. The molecule has 0 saturated carbocycles. The lowest BCUT2D eigenvalue weighted by Gasteiger charge is -2.32. The Hall–Kier alpha value is -2.41. The van der Waals surface area contributed by atoms with Gasteiger partial charge in [-0.05, 0) is 43.4 Å². The van der Waals surface area contributed by atoms with Gasteiger partial charge in [0.05, 0.1) is 11.9 Å². The number of piperidine rings is 1. The van der Waals surface area contributed by atoms with Gasteiger partial charge in [-0.25, -0.2) is 4.68 Å². The number of hydrogen-bond donors (Lipinski definition) is 1. The minimum Gasteiger partial charge on any atom is -0.481 e. The van der Waals surface area contributed by atoms with E-state index in [0.29, 0.717) is 24.5 Å². The molecule has 1 aromatic heterocycles. The number of aromatic nitrogens is 3. The number of carboxylic acid groups (broad SMARTS) is 1. The van der Waals surface area contributed by atoms with Crippen LogP contribution in [-0.2, 0) is 4.79 Å². The van der Waals surface area contributed by atoms with E-state index >= 15 is 0 Å². The third kappa shape index (κ3) is 4.36. The van der Waals surface area contributed by atoms with Gasteiger partial charge in [0.25, 0.3) is 5.91 Å². The van der Waals surface area contributed by atoms with E-state index in [1.807, 2.05) is 6.07 Å². The van der Waals surface area contributed by atoms with E-state index in [4.69, 9.17) is 16.7 Å². The van der Waals surface area contributed by atoms with Crippen LogP contribution in [0.4, 0.5) is 0 Å². The summed E-state index contributed by atoms with van der Waals surface area (Å²) in [6, 6.07) is 7.14. The van der Waals surface area contributed by atoms with Crippen LogP contribution in [0.25, 0.3) is 5.69 Å². The van der Waals surface area contributed by atoms with Crippen LogP contribution in [0.5, 0.6) is 0 Å². The molecule has 0 aliphatic carbocycles. The fourth-order valence-electron chi connectivity index (χ4n) is 3.08. The van der Waals surface area contributed by atoms with Gasteiger partial charge in [-0.15, -0.1) is 5.10 Å². The van der Waals surface area contributed by atoms with E-state index in [9.17, 15) is 9.59 Å². The predicted molar refractivity (Wildman–Crippen MR) is 91.9 cm³/mol. The van der Waals surface area contributed by atoms with Gasteiger partial charge in [0.1, 0.15) is 0 Å². The van der Waals surface area contributed by atoms with Gasteiger partial charge in [0.2, 0.25) is 0 Å². The topological polar surface area (TPSA) is 88.3 Å². The molecule has 25 heavy (non-hydrogen) atoms. The van der Waals surface area contributed by atoms with Crippen molar-refractivity contribution >= 4 is 23.5 Å². The van der Waals surface area contributed by atoms with Crippen LogP contribution in [0.15, 0.2) is 30.5 Å². The lowest BCUT2D eigenvalue weighted by Crippen LogP contribution is -2.40. The normalized spacial score (nSPS) is 17.5. The van der Waals surface area contributed by atoms with Crippen molar-refractivity contribution < 1.29 is 14.7 Å². The van der Waals surface area contributed by atoms with Crippen LogP contribution >= 0.6 is 11.6 Å². The van der Waals surface area contributed by atoms with Crippen molar-refractivity contribution in [2.24, 2.45) is 5.92 Å². The predicted octanol–water partition coefficient (Wildman–Crippen LogP) is 2.64. The molecule has 2 aromatic rings. The Morgan fingerprint density at radius 3 is 2.96 bits per heavy atom. The summed E-state index contributed by atoms with van der Waals surface area (Å²) in [5.41, 5.74) is 1.01. The molecule has 2 heterocycles. The molecule has 1 aliphatic heterocycles. The van der Waals surface area contributed by atoms with Gasteiger partial charge in [-0.1, -0.05) is 22.9 Å². The Labute approximate surface area is 150 Å². The fourth-order valence-corrected chi connectivity index (χ4v) is 3.27. The van der Waals surface area contributed by atoms with Gasteiger partial charge >= 0.3 is 5.97 Å². The average Bonchev–Trinajstić information content (AvgIpc) is 3.10. The van der Waals surface area contributed by atoms with Crippen LogP contribution in [-0.4, -0.2) is 50.0 Å². The lowest BCUT2D eigenvalue weighted by molar-refractivity contribution is -0.137. The standard InChI is InChI=1S/C17H19ClN4O3/c18-13-4-1-5-14(9-13)22-11-15(19-20-22)17(25)21-8-2-3-12(10-21)6-7-16(23)24/h1,4-5,9,11-12H,2-3,6-8,10H2,(H,23,24). The van der Waals surface area contributed by atoms with Crippen molar-refractivity contribution in [2.45, 2.75) is 25.7 Å². The van der Waals surface area contributed by atoms with Gasteiger partial charge in [0.15, 0.2) is 5.69 Å². The molecule has 1 saturated heterocycles. The summed E-state index contributed by atoms with van der Waals surface area (Å²) in [6.07, 6.45) is 4.14. The molecule has 1 fully saturated rings. The molecule has 1 unspecified atom stereocenters. The summed E-state index contributed by atoms with van der Waals surface area (Å²) in [6.45, 7) is 1.22. The number of amides is 1. The highest BCUT2D eigenvalue weighted by Crippen LogP contribution is 2.22. The Morgan fingerprint density at radius 1 is 1.36 bits per heavy atom. The number of benzene rings is 1. The van der Waals surface area contributed by atoms with E-state index in [-0.39, 0.29) is 23.9 Å². The Bertz CT molecular complexity index is 777. The highest BCUT2D eigenvalue weighted by Gasteiger charge is 2.26. The molecule has 0 radical (unpaired) electrons. The van der Waals surface area contributed by atoms with Crippen molar-refractivity contribution in [1.82, 2.24) is 19.9 Å². The zero-order chi connectivity index (χ0) is 17.8. The van der Waals surface area contributed by atoms with Crippen molar-refractivity contribution in [1.29, 1.82) is 0 Å². The first-order valence-electron chi connectivity index (χ1n) is 8.22. The maximum absolute atomic E-state index is 12.7. The first kappa shape index (κ1) is 17.4. The number of likely N-dealkylation sites (tertiary alicyclic amines) is 1. The lowest BCUT2D eigenvalue weighted by atomic mass is 9.93. The number of halogens is 1. The Morgan fingerprint density at radius 2 is 2.20 bits per heavy atom. The zero-order valence-corrected chi connectivity index (χ0v) is 14.4. The summed E-state index contributed by atoms with van der Waals surface area (Å²) in [4.78, 5) is 25.1. The quantitative estimate of drug-likeness (QED) is 0.883. The van der Waals surface area contributed by atoms with Crippen LogP contribution < -0.4 is 0 Å². The largest absolute Gasteiger partial charge is 0.481 e. The van der Waals surface area contributed by atoms with Gasteiger partial charge < -0.3 is 10.0 Å². The molecule has 132 valence electrons. The van der Waals surface area contributed by atoms with E-state index in [2.05, 4.69) is 10.3 Å². The van der Waals surface area contributed by atoms with Crippen LogP contribution in [0, 0.1) is 5.92 Å². The molecule has 1 amide bonds. The average molecular weight is 363 g/mol. The van der Waals surface area contributed by atoms with E-state index < -0.39 is 5.97 Å². The minimum atomic E-state index is -0.798. The summed E-state index contributed by atoms with van der Waals surface area (Å²) in [7, 11) is 0. The summed E-state index contributed by atoms with van der Waals surface area (Å²) < 4.78 is 1.52. The van der Waals surface area contributed by atoms with Crippen molar-refractivity contribution in [2.75, 3.05) is 13.1 Å². The second kappa shape index (κ2) is 7.65. The maximum atomic E-state index is 12.7. The molecule has 1 atom stereocenters. The molecule has 1 N–H and O–H groups in total. The summed E-state index contributed by atoms with van der Waals surface area (Å²) in [5, 5.41) is 17.4. The number of aliphatic carboxylic acids is 1. The number of carbonyl (C=O) groups is 2. The van der Waals surface area contributed by atoms with Crippen LogP contribution in [0.3, 0.4) is 0 Å². The second-order valence-corrected chi connectivity index (χ2v) is 6.66. The molecular weight excluding hydrogens is 344 g/mol. The number of rotatable bonds is 5. The molecule has 3 rings (SSSR count). The molecule has 1 aromatic carbocycles. The zero-order valence-electron chi connectivity index (χ0n) is 13.6. The third-order valence-electron chi connectivity index (χ3n) is 4.36. The molecule has 0 spiro atoms. The summed E-state index contributed by atoms with van der Waals surface area (Å²) >= 11 is 5.98. The molecule has 7 nitrogen and oxygen atoms in total. The highest BCUT2D eigenvalue weighted by atomic mass is 35.5. The van der Waals surface area contributed by atoms with E-state index in [1.54, 1.807) is 29.3 Å². The van der Waals surface area contributed by atoms with E-state index in [0.717, 1.165) is 18.5 Å². The minimum absolute atomic E-state index is 0.137. The van der Waals surface area contributed by atoms with Crippen molar-refractivity contribution in [3.05, 3.63) is 41.2 Å².